The first-order valence-corrected chi connectivity index (χ1v) is 8.18. The van der Waals surface area contributed by atoms with E-state index >= 15 is 0 Å². The Labute approximate surface area is 122 Å². The molecule has 0 fully saturated rings. The molecule has 0 rings (SSSR count). The Morgan fingerprint density at radius 3 is 1.28 bits per heavy atom. The Morgan fingerprint density at radius 1 is 0.500 bits per heavy atom. The van der Waals surface area contributed by atoms with Gasteiger partial charge in [-0.2, -0.15) is 0 Å². The van der Waals surface area contributed by atoms with Crippen molar-refractivity contribution in [3.05, 3.63) is 0 Å². The van der Waals surface area contributed by atoms with Crippen LogP contribution in [0.2, 0.25) is 0 Å². The fourth-order valence-corrected chi connectivity index (χ4v) is 2.41. The largest absolute Gasteiger partial charge is 1.00 e. The quantitative estimate of drug-likeness (QED) is 0.476. The summed E-state index contributed by atoms with van der Waals surface area (Å²) in [6.45, 7) is 11.2. The molecule has 0 aliphatic rings. The number of unbranched alkanes of at least 4 members (excludes halogenated alkanes) is 7. The highest BCUT2D eigenvalue weighted by atomic mass is 35.5. The minimum Gasteiger partial charge on any atom is -1.00 e. The molecule has 0 bridgehead atoms. The third kappa shape index (κ3) is 14.3. The van der Waals surface area contributed by atoms with E-state index in [1.54, 1.807) is 0 Å². The second kappa shape index (κ2) is 17.2. The van der Waals surface area contributed by atoms with E-state index in [-0.39, 0.29) is 12.4 Å². The molecule has 0 saturated carbocycles. The van der Waals surface area contributed by atoms with Crippen LogP contribution in [0.15, 0.2) is 0 Å². The third-order valence-corrected chi connectivity index (χ3v) is 3.65. The van der Waals surface area contributed by atoms with Crippen molar-refractivity contribution < 1.29 is 17.3 Å². The minimum atomic E-state index is 0. The highest BCUT2D eigenvalue weighted by molar-refractivity contribution is 4.42. The van der Waals surface area contributed by atoms with Crippen molar-refractivity contribution in [1.82, 2.24) is 0 Å². The summed E-state index contributed by atoms with van der Waals surface area (Å²) in [6, 6.07) is 0. The molecule has 1 N–H and O–H groups in total. The van der Waals surface area contributed by atoms with Crippen LogP contribution in [0.3, 0.4) is 0 Å². The van der Waals surface area contributed by atoms with Gasteiger partial charge in [0.15, 0.2) is 0 Å². The number of quaternary nitrogens is 1. The maximum absolute atomic E-state index is 2.31. The topological polar surface area (TPSA) is 4.44 Å². The van der Waals surface area contributed by atoms with E-state index in [1.807, 2.05) is 4.90 Å². The molecule has 2 heteroatoms. The van der Waals surface area contributed by atoms with Crippen molar-refractivity contribution >= 4 is 0 Å². The molecular formula is C16H36ClN. The average molecular weight is 278 g/mol. The maximum atomic E-state index is 2.31. The summed E-state index contributed by atoms with van der Waals surface area (Å²) < 4.78 is 0. The lowest BCUT2D eigenvalue weighted by atomic mass is 10.1. The molecule has 0 aliphatic heterocycles. The van der Waals surface area contributed by atoms with Crippen molar-refractivity contribution in [2.45, 2.75) is 85.0 Å². The monoisotopic (exact) mass is 277 g/mol. The predicted molar refractivity (Wildman–Crippen MR) is 78.8 cm³/mol. The predicted octanol–water partition coefficient (Wildman–Crippen LogP) is 0.836. The van der Waals surface area contributed by atoms with Gasteiger partial charge in [0.25, 0.3) is 0 Å². The van der Waals surface area contributed by atoms with E-state index in [9.17, 15) is 0 Å². The summed E-state index contributed by atoms with van der Waals surface area (Å²) in [6.07, 6.45) is 14.1. The molecular weight excluding hydrogens is 242 g/mol. The fourth-order valence-electron chi connectivity index (χ4n) is 2.41. The molecule has 0 aromatic rings. The SMILES string of the molecule is CCCCCC[NH+](CCCC)CCCCCC.[Cl-]. The van der Waals surface area contributed by atoms with Crippen LogP contribution in [0.4, 0.5) is 0 Å². The van der Waals surface area contributed by atoms with Crippen LogP contribution in [-0.4, -0.2) is 19.6 Å². The lowest BCUT2D eigenvalue weighted by Gasteiger charge is -2.19. The third-order valence-electron chi connectivity index (χ3n) is 3.65. The molecule has 0 radical (unpaired) electrons. The van der Waals surface area contributed by atoms with Crippen LogP contribution in [0.1, 0.15) is 85.0 Å². The standard InChI is InChI=1S/C16H35N.ClH/c1-4-7-10-12-15-17(14-9-6-3)16-13-11-8-5-2;/h4-16H2,1-3H3;1H. The van der Waals surface area contributed by atoms with Gasteiger partial charge in [-0.1, -0.05) is 52.9 Å². The lowest BCUT2D eigenvalue weighted by Crippen LogP contribution is -3.12. The minimum absolute atomic E-state index is 0. The first kappa shape index (κ1) is 20.6. The number of hydrogen-bond donors (Lipinski definition) is 1. The molecule has 0 aliphatic carbocycles. The summed E-state index contributed by atoms with van der Waals surface area (Å²) in [4.78, 5) is 1.87. The van der Waals surface area contributed by atoms with Crippen LogP contribution < -0.4 is 17.3 Å². The zero-order valence-electron chi connectivity index (χ0n) is 13.1. The number of halogens is 1. The normalized spacial score (nSPS) is 10.7. The zero-order chi connectivity index (χ0) is 12.8. The van der Waals surface area contributed by atoms with Crippen molar-refractivity contribution in [3.63, 3.8) is 0 Å². The van der Waals surface area contributed by atoms with Crippen molar-refractivity contribution in [1.29, 1.82) is 0 Å². The Kier molecular flexibility index (Phi) is 19.7. The molecule has 0 atom stereocenters. The molecule has 18 heavy (non-hydrogen) atoms. The van der Waals surface area contributed by atoms with E-state index in [1.165, 1.54) is 83.8 Å². The summed E-state index contributed by atoms with van der Waals surface area (Å²) in [5.41, 5.74) is 0. The number of hydrogen-bond acceptors (Lipinski definition) is 0. The van der Waals surface area contributed by atoms with E-state index in [2.05, 4.69) is 20.8 Å². The highest BCUT2D eigenvalue weighted by Gasteiger charge is 2.06. The van der Waals surface area contributed by atoms with Gasteiger partial charge in [0, 0.05) is 0 Å². The van der Waals surface area contributed by atoms with Crippen molar-refractivity contribution in [2.75, 3.05) is 19.6 Å². The van der Waals surface area contributed by atoms with Crippen molar-refractivity contribution in [2.24, 2.45) is 0 Å². The van der Waals surface area contributed by atoms with Crippen molar-refractivity contribution in [3.8, 4) is 0 Å². The average Bonchev–Trinajstić information content (AvgIpc) is 2.35. The van der Waals surface area contributed by atoms with Crippen LogP contribution in [0.25, 0.3) is 0 Å². The second-order valence-corrected chi connectivity index (χ2v) is 5.47. The summed E-state index contributed by atoms with van der Waals surface area (Å²) >= 11 is 0. The first-order valence-electron chi connectivity index (χ1n) is 8.18. The van der Waals surface area contributed by atoms with E-state index in [4.69, 9.17) is 0 Å². The van der Waals surface area contributed by atoms with Gasteiger partial charge in [-0.15, -0.1) is 0 Å². The highest BCUT2D eigenvalue weighted by Crippen LogP contribution is 1.98. The zero-order valence-corrected chi connectivity index (χ0v) is 13.8. The summed E-state index contributed by atoms with van der Waals surface area (Å²) in [5.74, 6) is 0. The fraction of sp³-hybridized carbons (Fsp3) is 1.00. The number of nitrogens with one attached hydrogen (secondary N) is 1. The molecule has 0 saturated heterocycles. The van der Waals surface area contributed by atoms with E-state index in [0.29, 0.717) is 0 Å². The number of rotatable bonds is 13. The first-order chi connectivity index (χ1) is 8.35. The molecule has 0 spiro atoms. The molecule has 112 valence electrons. The van der Waals surface area contributed by atoms with Gasteiger partial charge in [0.1, 0.15) is 0 Å². The van der Waals surface area contributed by atoms with Gasteiger partial charge in [-0.05, 0) is 32.1 Å². The lowest BCUT2D eigenvalue weighted by molar-refractivity contribution is -0.900. The molecule has 0 aromatic heterocycles. The molecule has 0 unspecified atom stereocenters. The summed E-state index contributed by atoms with van der Waals surface area (Å²) in [7, 11) is 0. The maximum Gasteiger partial charge on any atom is 0.0770 e. The second-order valence-electron chi connectivity index (χ2n) is 5.47. The van der Waals surface area contributed by atoms with Crippen LogP contribution in [0, 0.1) is 0 Å². The molecule has 0 aromatic carbocycles. The van der Waals surface area contributed by atoms with Gasteiger partial charge >= 0.3 is 0 Å². The molecule has 1 nitrogen and oxygen atoms in total. The Balaban J connectivity index is 0. The van der Waals surface area contributed by atoms with Crippen LogP contribution >= 0.6 is 0 Å². The van der Waals surface area contributed by atoms with E-state index in [0.717, 1.165) is 0 Å². The smallest absolute Gasteiger partial charge is 0.0770 e. The Hall–Kier alpha value is 0.250. The van der Waals surface area contributed by atoms with E-state index < -0.39 is 0 Å². The Bertz CT molecular complexity index is 127. The van der Waals surface area contributed by atoms with Gasteiger partial charge in [0.2, 0.25) is 0 Å². The van der Waals surface area contributed by atoms with Gasteiger partial charge in [-0.25, -0.2) is 0 Å². The summed E-state index contributed by atoms with van der Waals surface area (Å²) in [5, 5.41) is 0. The van der Waals surface area contributed by atoms with Crippen LogP contribution in [0.5, 0.6) is 0 Å². The van der Waals surface area contributed by atoms with Gasteiger partial charge in [-0.3, -0.25) is 0 Å². The van der Waals surface area contributed by atoms with Gasteiger partial charge in [0.05, 0.1) is 19.6 Å². The Morgan fingerprint density at radius 2 is 0.889 bits per heavy atom. The molecule has 0 amide bonds. The van der Waals surface area contributed by atoms with Crippen LogP contribution in [-0.2, 0) is 0 Å². The van der Waals surface area contributed by atoms with Gasteiger partial charge < -0.3 is 17.3 Å². The molecule has 0 heterocycles.